The van der Waals surface area contributed by atoms with Crippen LogP contribution in [0.1, 0.15) is 0 Å². The van der Waals surface area contributed by atoms with Crippen molar-refractivity contribution in [1.82, 2.24) is 9.97 Å². The Hall–Kier alpha value is -0.300. The molecule has 1 rings (SSSR count). The molecule has 12 heavy (non-hydrogen) atoms. The van der Waals surface area contributed by atoms with Crippen molar-refractivity contribution in [3.63, 3.8) is 0 Å². The minimum Gasteiger partial charge on any atom is -0.610 e. The van der Waals surface area contributed by atoms with Crippen LogP contribution in [0.4, 0.5) is 0 Å². The molecule has 0 aliphatic heterocycles. The van der Waals surface area contributed by atoms with Gasteiger partial charge in [-0.1, -0.05) is 0 Å². The van der Waals surface area contributed by atoms with E-state index >= 15 is 0 Å². The SMILES string of the molecule is C[S+]([O-])c1cc([S+](C)[O-])ncn1. The van der Waals surface area contributed by atoms with Gasteiger partial charge in [-0.3, -0.25) is 0 Å². The van der Waals surface area contributed by atoms with Gasteiger partial charge in [0, 0.05) is 22.4 Å². The molecule has 0 aromatic carbocycles. The molecule has 2 unspecified atom stereocenters. The molecule has 66 valence electrons. The fraction of sp³-hybridized carbons (Fsp3) is 0.333. The lowest BCUT2D eigenvalue weighted by Crippen LogP contribution is -2.06. The second-order valence-electron chi connectivity index (χ2n) is 2.10. The highest BCUT2D eigenvalue weighted by Gasteiger charge is 2.12. The summed E-state index contributed by atoms with van der Waals surface area (Å²) in [5.74, 6) is 0. The van der Waals surface area contributed by atoms with Gasteiger partial charge in [-0.05, 0) is 0 Å². The van der Waals surface area contributed by atoms with E-state index in [2.05, 4.69) is 9.97 Å². The van der Waals surface area contributed by atoms with E-state index in [-0.39, 0.29) is 0 Å². The van der Waals surface area contributed by atoms with Crippen LogP contribution in [0.25, 0.3) is 0 Å². The standard InChI is InChI=1S/C6H8N2O2S2/c1-11(9)5-3-6(12(2)10)8-4-7-5/h3-4H,1-2H3. The van der Waals surface area contributed by atoms with Crippen LogP contribution in [0, 0.1) is 0 Å². The first-order valence-electron chi connectivity index (χ1n) is 3.10. The number of hydrogen-bond donors (Lipinski definition) is 0. The van der Waals surface area contributed by atoms with Gasteiger partial charge in [0.1, 0.15) is 18.8 Å². The molecule has 6 heteroatoms. The van der Waals surface area contributed by atoms with E-state index in [0.29, 0.717) is 10.1 Å². The van der Waals surface area contributed by atoms with E-state index in [1.165, 1.54) is 24.9 Å². The summed E-state index contributed by atoms with van der Waals surface area (Å²) in [6.45, 7) is 0. The average Bonchev–Trinajstić information content (AvgIpc) is 2.04. The van der Waals surface area contributed by atoms with Crippen molar-refractivity contribution in [3.8, 4) is 0 Å². The Bertz CT molecular complexity index is 244. The van der Waals surface area contributed by atoms with E-state index < -0.39 is 22.4 Å². The summed E-state index contributed by atoms with van der Waals surface area (Å²) in [5.41, 5.74) is 0. The number of nitrogens with zero attached hydrogens (tertiary/aromatic N) is 2. The Morgan fingerprint density at radius 1 is 1.08 bits per heavy atom. The van der Waals surface area contributed by atoms with Gasteiger partial charge in [0.05, 0.1) is 6.07 Å². The van der Waals surface area contributed by atoms with E-state index in [4.69, 9.17) is 0 Å². The van der Waals surface area contributed by atoms with Crippen LogP contribution in [0.3, 0.4) is 0 Å². The third-order valence-electron chi connectivity index (χ3n) is 1.21. The highest BCUT2D eigenvalue weighted by Crippen LogP contribution is 2.09. The van der Waals surface area contributed by atoms with E-state index in [1.54, 1.807) is 0 Å². The van der Waals surface area contributed by atoms with Gasteiger partial charge in [0.25, 0.3) is 10.1 Å². The Balaban J connectivity index is 2.96. The summed E-state index contributed by atoms with van der Waals surface area (Å²) >= 11 is -2.28. The van der Waals surface area contributed by atoms with Gasteiger partial charge >= 0.3 is 0 Å². The van der Waals surface area contributed by atoms with Gasteiger partial charge in [-0.2, -0.15) is 9.97 Å². The summed E-state index contributed by atoms with van der Waals surface area (Å²) in [7, 11) is 0. The molecule has 0 bridgehead atoms. The van der Waals surface area contributed by atoms with Crippen molar-refractivity contribution in [2.24, 2.45) is 0 Å². The van der Waals surface area contributed by atoms with Crippen molar-refractivity contribution >= 4 is 22.4 Å². The van der Waals surface area contributed by atoms with Gasteiger partial charge in [0.15, 0.2) is 0 Å². The third kappa shape index (κ3) is 2.34. The summed E-state index contributed by atoms with van der Waals surface area (Å²) in [6, 6.07) is 1.49. The van der Waals surface area contributed by atoms with E-state index in [9.17, 15) is 9.11 Å². The largest absolute Gasteiger partial charge is 0.610 e. The lowest BCUT2D eigenvalue weighted by atomic mass is 10.7. The topological polar surface area (TPSA) is 71.9 Å². The molecule has 4 nitrogen and oxygen atoms in total. The zero-order valence-corrected chi connectivity index (χ0v) is 8.32. The van der Waals surface area contributed by atoms with Gasteiger partial charge in [0.2, 0.25) is 0 Å². The normalized spacial score (nSPS) is 15.7. The molecular formula is C6H8N2O2S2. The molecule has 0 aliphatic rings. The lowest BCUT2D eigenvalue weighted by molar-refractivity contribution is 0.591. The first kappa shape index (κ1) is 9.79. The minimum absolute atomic E-state index is 0.412. The third-order valence-corrected chi connectivity index (χ3v) is 2.83. The molecule has 0 saturated carbocycles. The van der Waals surface area contributed by atoms with Crippen molar-refractivity contribution in [2.45, 2.75) is 10.1 Å². The highest BCUT2D eigenvalue weighted by atomic mass is 32.2. The fourth-order valence-electron chi connectivity index (χ4n) is 0.637. The predicted molar refractivity (Wildman–Crippen MR) is 46.7 cm³/mol. The molecule has 1 heterocycles. The Labute approximate surface area is 76.8 Å². The molecule has 0 aliphatic carbocycles. The summed E-state index contributed by atoms with van der Waals surface area (Å²) in [6.07, 6.45) is 4.31. The first-order chi connectivity index (χ1) is 5.61. The Kier molecular flexibility index (Phi) is 3.33. The van der Waals surface area contributed by atoms with Gasteiger partial charge < -0.3 is 9.11 Å². The maximum atomic E-state index is 10.9. The molecule has 2 atom stereocenters. The zero-order valence-electron chi connectivity index (χ0n) is 6.68. The van der Waals surface area contributed by atoms with Crippen LogP contribution < -0.4 is 0 Å². The van der Waals surface area contributed by atoms with Crippen LogP contribution in [0.2, 0.25) is 0 Å². The second kappa shape index (κ2) is 4.08. The van der Waals surface area contributed by atoms with Crippen LogP contribution in [0.5, 0.6) is 0 Å². The van der Waals surface area contributed by atoms with Crippen molar-refractivity contribution < 1.29 is 9.11 Å². The minimum atomic E-state index is -1.14. The Morgan fingerprint density at radius 3 is 1.83 bits per heavy atom. The maximum absolute atomic E-state index is 10.9. The van der Waals surface area contributed by atoms with Crippen LogP contribution in [-0.2, 0) is 22.4 Å². The first-order valence-corrected chi connectivity index (χ1v) is 6.22. The monoisotopic (exact) mass is 204 g/mol. The Morgan fingerprint density at radius 2 is 1.50 bits per heavy atom. The average molecular weight is 204 g/mol. The van der Waals surface area contributed by atoms with Crippen LogP contribution in [-0.4, -0.2) is 31.6 Å². The molecule has 0 saturated heterocycles. The van der Waals surface area contributed by atoms with Gasteiger partial charge in [-0.25, -0.2) is 0 Å². The predicted octanol–water partition coefficient (Wildman–Crippen LogP) is -0.0486. The molecular weight excluding hydrogens is 196 g/mol. The number of rotatable bonds is 2. The molecule has 1 aromatic heterocycles. The molecule has 0 amide bonds. The number of hydrogen-bond acceptors (Lipinski definition) is 4. The van der Waals surface area contributed by atoms with Gasteiger partial charge in [-0.15, -0.1) is 0 Å². The fourth-order valence-corrected chi connectivity index (χ4v) is 1.66. The smallest absolute Gasteiger partial charge is 0.252 e. The molecule has 0 N–H and O–H groups in total. The van der Waals surface area contributed by atoms with Crippen molar-refractivity contribution in [3.05, 3.63) is 12.4 Å². The second-order valence-corrected chi connectivity index (χ2v) is 4.76. The summed E-state index contributed by atoms with van der Waals surface area (Å²) in [4.78, 5) is 7.55. The maximum Gasteiger partial charge on any atom is 0.252 e. The van der Waals surface area contributed by atoms with Crippen LogP contribution >= 0.6 is 0 Å². The summed E-state index contributed by atoms with van der Waals surface area (Å²) in [5, 5.41) is 0.824. The highest BCUT2D eigenvalue weighted by molar-refractivity contribution is 7.91. The zero-order chi connectivity index (χ0) is 9.14. The van der Waals surface area contributed by atoms with E-state index in [0.717, 1.165) is 0 Å². The molecule has 1 aromatic rings. The molecule has 0 fully saturated rings. The molecule has 0 spiro atoms. The summed E-state index contributed by atoms with van der Waals surface area (Å²) < 4.78 is 21.9. The van der Waals surface area contributed by atoms with Crippen LogP contribution in [0.15, 0.2) is 22.4 Å². The quantitative estimate of drug-likeness (QED) is 0.500. The number of aromatic nitrogens is 2. The molecule has 0 radical (unpaired) electrons. The van der Waals surface area contributed by atoms with Crippen molar-refractivity contribution in [2.75, 3.05) is 12.5 Å². The lowest BCUT2D eigenvalue weighted by Gasteiger charge is -2.04. The van der Waals surface area contributed by atoms with Crippen molar-refractivity contribution in [1.29, 1.82) is 0 Å². The van der Waals surface area contributed by atoms with E-state index in [1.807, 2.05) is 0 Å².